The number of hydrogen-bond donors (Lipinski definition) is 2. The molecule has 0 heterocycles. The van der Waals surface area contributed by atoms with Crippen LogP contribution >= 0.6 is 11.6 Å². The highest BCUT2D eigenvalue weighted by molar-refractivity contribution is 6.30. The standard InChI is InChI=1S/C12H15ClFNO/c13-9-3-4-10(14)11(7-9)15-8-12(16)5-1-2-6-12/h3-4,7,15-16H,1-2,5-6,8H2. The van der Waals surface area contributed by atoms with Gasteiger partial charge >= 0.3 is 0 Å². The molecule has 0 spiro atoms. The average molecular weight is 244 g/mol. The summed E-state index contributed by atoms with van der Waals surface area (Å²) in [5.74, 6) is -0.342. The van der Waals surface area contributed by atoms with Crippen LogP contribution < -0.4 is 5.32 Å². The van der Waals surface area contributed by atoms with Crippen molar-refractivity contribution in [2.45, 2.75) is 31.3 Å². The fraction of sp³-hybridized carbons (Fsp3) is 0.500. The van der Waals surface area contributed by atoms with E-state index in [2.05, 4.69) is 5.32 Å². The fourth-order valence-electron chi connectivity index (χ4n) is 2.10. The molecule has 2 rings (SSSR count). The quantitative estimate of drug-likeness (QED) is 0.855. The molecule has 1 saturated carbocycles. The van der Waals surface area contributed by atoms with E-state index in [1.807, 2.05) is 0 Å². The molecule has 2 nitrogen and oxygen atoms in total. The molecule has 2 N–H and O–H groups in total. The van der Waals surface area contributed by atoms with Crippen LogP contribution in [0.25, 0.3) is 0 Å². The Labute approximate surface area is 99.4 Å². The number of aliphatic hydroxyl groups is 1. The normalized spacial score (nSPS) is 18.7. The van der Waals surface area contributed by atoms with Gasteiger partial charge in [0.2, 0.25) is 0 Å². The van der Waals surface area contributed by atoms with E-state index in [1.54, 1.807) is 0 Å². The minimum Gasteiger partial charge on any atom is -0.388 e. The van der Waals surface area contributed by atoms with E-state index in [4.69, 9.17) is 11.6 Å². The summed E-state index contributed by atoms with van der Waals surface area (Å²) in [5.41, 5.74) is -0.331. The molecular formula is C12H15ClFNO. The Morgan fingerprint density at radius 3 is 2.75 bits per heavy atom. The van der Waals surface area contributed by atoms with Gasteiger partial charge in [-0.15, -0.1) is 0 Å². The summed E-state index contributed by atoms with van der Waals surface area (Å²) in [6.07, 6.45) is 3.64. The van der Waals surface area contributed by atoms with Crippen molar-refractivity contribution in [1.82, 2.24) is 0 Å². The molecule has 0 unspecified atom stereocenters. The van der Waals surface area contributed by atoms with Gasteiger partial charge in [0, 0.05) is 11.6 Å². The number of nitrogens with one attached hydrogen (secondary N) is 1. The first-order valence-corrected chi connectivity index (χ1v) is 5.88. The first-order valence-electron chi connectivity index (χ1n) is 5.50. The van der Waals surface area contributed by atoms with E-state index in [0.29, 0.717) is 17.3 Å². The minimum absolute atomic E-state index is 0.342. The zero-order chi connectivity index (χ0) is 11.6. The van der Waals surface area contributed by atoms with E-state index < -0.39 is 5.60 Å². The predicted octanol–water partition coefficient (Wildman–Crippen LogP) is 3.20. The maximum atomic E-state index is 13.4. The van der Waals surface area contributed by atoms with Crippen LogP contribution in [-0.2, 0) is 0 Å². The van der Waals surface area contributed by atoms with Gasteiger partial charge in [-0.3, -0.25) is 0 Å². The Hall–Kier alpha value is -0.800. The lowest BCUT2D eigenvalue weighted by Crippen LogP contribution is -2.33. The lowest BCUT2D eigenvalue weighted by atomic mass is 10.0. The van der Waals surface area contributed by atoms with Gasteiger partial charge in [-0.1, -0.05) is 24.4 Å². The van der Waals surface area contributed by atoms with Gasteiger partial charge in [0.25, 0.3) is 0 Å². The van der Waals surface area contributed by atoms with Crippen LogP contribution in [0.15, 0.2) is 18.2 Å². The van der Waals surface area contributed by atoms with E-state index in [0.717, 1.165) is 25.7 Å². The van der Waals surface area contributed by atoms with Crippen LogP contribution in [0.4, 0.5) is 10.1 Å². The molecule has 1 aromatic carbocycles. The summed E-state index contributed by atoms with van der Waals surface area (Å²) in [6.45, 7) is 0.379. The predicted molar refractivity (Wildman–Crippen MR) is 63.3 cm³/mol. The van der Waals surface area contributed by atoms with E-state index >= 15 is 0 Å². The second-order valence-electron chi connectivity index (χ2n) is 4.41. The van der Waals surface area contributed by atoms with Crippen molar-refractivity contribution in [3.63, 3.8) is 0 Å². The van der Waals surface area contributed by atoms with Gasteiger partial charge in [0.15, 0.2) is 0 Å². The summed E-state index contributed by atoms with van der Waals surface area (Å²) in [6, 6.07) is 4.37. The Morgan fingerprint density at radius 2 is 2.06 bits per heavy atom. The Morgan fingerprint density at radius 1 is 1.38 bits per heavy atom. The van der Waals surface area contributed by atoms with Crippen LogP contribution in [0.5, 0.6) is 0 Å². The maximum Gasteiger partial charge on any atom is 0.146 e. The second kappa shape index (κ2) is 4.60. The largest absolute Gasteiger partial charge is 0.388 e. The van der Waals surface area contributed by atoms with Crippen molar-refractivity contribution < 1.29 is 9.50 Å². The minimum atomic E-state index is -0.686. The Bertz CT molecular complexity index is 377. The van der Waals surface area contributed by atoms with Gasteiger partial charge in [0.1, 0.15) is 5.82 Å². The fourth-order valence-corrected chi connectivity index (χ4v) is 2.27. The molecular weight excluding hydrogens is 229 g/mol. The van der Waals surface area contributed by atoms with Gasteiger partial charge in [0.05, 0.1) is 11.3 Å². The average Bonchev–Trinajstić information content (AvgIpc) is 2.67. The molecule has 1 aliphatic carbocycles. The van der Waals surface area contributed by atoms with Crippen LogP contribution in [0.2, 0.25) is 5.02 Å². The van der Waals surface area contributed by atoms with Gasteiger partial charge in [-0.25, -0.2) is 4.39 Å². The molecule has 1 aromatic rings. The smallest absolute Gasteiger partial charge is 0.146 e. The molecule has 0 amide bonds. The van der Waals surface area contributed by atoms with Crippen molar-refractivity contribution in [1.29, 1.82) is 0 Å². The van der Waals surface area contributed by atoms with Crippen LogP contribution in [0.3, 0.4) is 0 Å². The molecule has 4 heteroatoms. The molecule has 1 fully saturated rings. The van der Waals surface area contributed by atoms with E-state index in [1.165, 1.54) is 18.2 Å². The molecule has 1 aliphatic rings. The molecule has 0 aromatic heterocycles. The number of benzene rings is 1. The highest BCUT2D eigenvalue weighted by Gasteiger charge is 2.30. The second-order valence-corrected chi connectivity index (χ2v) is 4.85. The van der Waals surface area contributed by atoms with Crippen molar-refractivity contribution in [3.8, 4) is 0 Å². The summed E-state index contributed by atoms with van der Waals surface area (Å²) >= 11 is 5.78. The van der Waals surface area contributed by atoms with Crippen molar-refractivity contribution in [2.75, 3.05) is 11.9 Å². The molecule has 0 radical (unpaired) electrons. The maximum absolute atomic E-state index is 13.4. The Kier molecular flexibility index (Phi) is 3.36. The molecule has 0 saturated heterocycles. The summed E-state index contributed by atoms with van der Waals surface area (Å²) in [7, 11) is 0. The number of hydrogen-bond acceptors (Lipinski definition) is 2. The molecule has 0 atom stereocenters. The lowest BCUT2D eigenvalue weighted by Gasteiger charge is -2.23. The van der Waals surface area contributed by atoms with Crippen molar-refractivity contribution >= 4 is 17.3 Å². The monoisotopic (exact) mass is 243 g/mol. The number of rotatable bonds is 3. The van der Waals surface area contributed by atoms with E-state index in [-0.39, 0.29) is 5.82 Å². The molecule has 0 aliphatic heterocycles. The topological polar surface area (TPSA) is 32.3 Å². The summed E-state index contributed by atoms with van der Waals surface area (Å²) < 4.78 is 13.4. The van der Waals surface area contributed by atoms with Crippen molar-refractivity contribution in [2.24, 2.45) is 0 Å². The third-order valence-electron chi connectivity index (χ3n) is 3.07. The summed E-state index contributed by atoms with van der Waals surface area (Å²) in [4.78, 5) is 0. The van der Waals surface area contributed by atoms with Crippen LogP contribution in [0, 0.1) is 5.82 Å². The number of halogens is 2. The van der Waals surface area contributed by atoms with Gasteiger partial charge in [-0.2, -0.15) is 0 Å². The Balaban J connectivity index is 2.01. The van der Waals surface area contributed by atoms with E-state index in [9.17, 15) is 9.50 Å². The lowest BCUT2D eigenvalue weighted by molar-refractivity contribution is 0.0614. The highest BCUT2D eigenvalue weighted by atomic mass is 35.5. The first-order chi connectivity index (χ1) is 7.59. The van der Waals surface area contributed by atoms with Gasteiger partial charge in [-0.05, 0) is 31.0 Å². The van der Waals surface area contributed by atoms with Crippen LogP contribution in [-0.4, -0.2) is 17.3 Å². The zero-order valence-electron chi connectivity index (χ0n) is 8.97. The summed E-state index contributed by atoms with van der Waals surface area (Å²) in [5, 5.41) is 13.5. The SMILES string of the molecule is OC1(CNc2cc(Cl)ccc2F)CCCC1. The molecule has 16 heavy (non-hydrogen) atoms. The highest BCUT2D eigenvalue weighted by Crippen LogP contribution is 2.30. The third kappa shape index (κ3) is 2.66. The van der Waals surface area contributed by atoms with Gasteiger partial charge < -0.3 is 10.4 Å². The zero-order valence-corrected chi connectivity index (χ0v) is 9.73. The third-order valence-corrected chi connectivity index (χ3v) is 3.31. The molecule has 0 bridgehead atoms. The van der Waals surface area contributed by atoms with Crippen molar-refractivity contribution in [3.05, 3.63) is 29.0 Å². The first kappa shape index (κ1) is 11.7. The number of anilines is 1. The van der Waals surface area contributed by atoms with Crippen LogP contribution in [0.1, 0.15) is 25.7 Å². The molecule has 88 valence electrons.